The second kappa shape index (κ2) is 13.0. The molecule has 4 aromatic rings. The third-order valence-corrected chi connectivity index (χ3v) is 7.62. The average Bonchev–Trinajstić information content (AvgIpc) is 3.37. The van der Waals surface area contributed by atoms with Gasteiger partial charge in [-0.25, -0.2) is 5.43 Å². The van der Waals surface area contributed by atoms with Crippen LogP contribution < -0.4 is 10.3 Å². The van der Waals surface area contributed by atoms with Gasteiger partial charge >= 0.3 is 0 Å². The van der Waals surface area contributed by atoms with Crippen molar-refractivity contribution in [2.45, 2.75) is 52.1 Å². The second-order valence-electron chi connectivity index (χ2n) is 10.7. The molecule has 0 aliphatic carbocycles. The highest BCUT2D eigenvalue weighted by molar-refractivity contribution is 7.99. The number of anilines is 1. The second-order valence-corrected chi connectivity index (χ2v) is 11.6. The molecule has 7 nitrogen and oxygen atoms in total. The number of benzene rings is 3. The van der Waals surface area contributed by atoms with Crippen molar-refractivity contribution < 1.29 is 4.79 Å². The minimum Gasteiger partial charge on any atom is -0.372 e. The Bertz CT molecular complexity index is 1430. The lowest BCUT2D eigenvalue weighted by Gasteiger charge is -2.20. The number of hydrogen-bond donors (Lipinski definition) is 1. The number of carbonyl (C=O) groups excluding carboxylic acids is 1. The summed E-state index contributed by atoms with van der Waals surface area (Å²) in [5.41, 5.74) is 9.12. The molecule has 0 fully saturated rings. The van der Waals surface area contributed by atoms with Gasteiger partial charge in [0.2, 0.25) is 0 Å². The molecular weight excluding hydrogens is 516 g/mol. The van der Waals surface area contributed by atoms with E-state index in [0.717, 1.165) is 35.7 Å². The Labute approximate surface area is 241 Å². The molecule has 0 radical (unpaired) electrons. The maximum atomic E-state index is 12.6. The predicted octanol–water partition coefficient (Wildman–Crippen LogP) is 6.63. The molecule has 1 heterocycles. The Morgan fingerprint density at radius 2 is 1.60 bits per heavy atom. The first-order valence-corrected chi connectivity index (χ1v) is 14.6. The van der Waals surface area contributed by atoms with Crippen molar-refractivity contribution in [2.24, 2.45) is 5.10 Å². The van der Waals surface area contributed by atoms with Gasteiger partial charge in [0, 0.05) is 30.0 Å². The Kier molecular flexibility index (Phi) is 9.42. The zero-order valence-electron chi connectivity index (χ0n) is 24.2. The smallest absolute Gasteiger partial charge is 0.250 e. The molecule has 4 rings (SSSR count). The third-order valence-electron chi connectivity index (χ3n) is 6.69. The number of aryl methyl sites for hydroxylation is 1. The number of amides is 1. The lowest BCUT2D eigenvalue weighted by molar-refractivity contribution is -0.118. The van der Waals surface area contributed by atoms with E-state index in [0.29, 0.717) is 5.16 Å². The van der Waals surface area contributed by atoms with Gasteiger partial charge in [-0.3, -0.25) is 9.36 Å². The van der Waals surface area contributed by atoms with Gasteiger partial charge in [0.1, 0.15) is 0 Å². The molecule has 1 N–H and O–H groups in total. The van der Waals surface area contributed by atoms with Crippen LogP contribution in [0.5, 0.6) is 0 Å². The molecule has 0 unspecified atom stereocenters. The van der Waals surface area contributed by atoms with Crippen molar-refractivity contribution in [1.82, 2.24) is 20.2 Å². The van der Waals surface area contributed by atoms with Crippen LogP contribution in [0.3, 0.4) is 0 Å². The van der Waals surface area contributed by atoms with E-state index >= 15 is 0 Å². The van der Waals surface area contributed by atoms with Gasteiger partial charge in [0.25, 0.3) is 5.91 Å². The molecule has 208 valence electrons. The van der Waals surface area contributed by atoms with E-state index in [-0.39, 0.29) is 17.1 Å². The molecule has 0 saturated heterocycles. The monoisotopic (exact) mass is 554 g/mol. The molecular formula is C32H38N6OS. The van der Waals surface area contributed by atoms with Crippen LogP contribution in [0, 0.1) is 6.92 Å². The van der Waals surface area contributed by atoms with E-state index in [2.05, 4.69) is 116 Å². The summed E-state index contributed by atoms with van der Waals surface area (Å²) in [5, 5.41) is 13.8. The predicted molar refractivity (Wildman–Crippen MR) is 167 cm³/mol. The summed E-state index contributed by atoms with van der Waals surface area (Å²) < 4.78 is 2.00. The van der Waals surface area contributed by atoms with Crippen molar-refractivity contribution in [3.63, 3.8) is 0 Å². The highest BCUT2D eigenvalue weighted by Crippen LogP contribution is 2.30. The van der Waals surface area contributed by atoms with Gasteiger partial charge in [-0.05, 0) is 61.6 Å². The summed E-state index contributed by atoms with van der Waals surface area (Å²) >= 11 is 1.33. The normalized spacial score (nSPS) is 11.7. The Morgan fingerprint density at radius 3 is 2.20 bits per heavy atom. The molecule has 0 saturated carbocycles. The van der Waals surface area contributed by atoms with E-state index in [1.165, 1.54) is 28.6 Å². The van der Waals surface area contributed by atoms with Crippen molar-refractivity contribution in [3.05, 3.63) is 89.5 Å². The van der Waals surface area contributed by atoms with Crippen LogP contribution in [-0.2, 0) is 10.2 Å². The topological polar surface area (TPSA) is 75.4 Å². The van der Waals surface area contributed by atoms with Crippen molar-refractivity contribution >= 4 is 29.6 Å². The maximum absolute atomic E-state index is 12.6. The molecule has 0 aliphatic heterocycles. The van der Waals surface area contributed by atoms with Gasteiger partial charge in [-0.2, -0.15) is 5.10 Å². The largest absolute Gasteiger partial charge is 0.372 e. The Morgan fingerprint density at radius 1 is 0.950 bits per heavy atom. The average molecular weight is 555 g/mol. The SMILES string of the molecule is CCN(CC)c1ccc(C=NNC(=O)CSc2nnc(-c3ccc(C(C)(C)C)cc3)n2-c2ccc(C)cc2)cc1. The number of rotatable bonds is 10. The summed E-state index contributed by atoms with van der Waals surface area (Å²) in [7, 11) is 0. The highest BCUT2D eigenvalue weighted by Gasteiger charge is 2.19. The minimum absolute atomic E-state index is 0.0643. The van der Waals surface area contributed by atoms with E-state index < -0.39 is 0 Å². The molecule has 1 aromatic heterocycles. The van der Waals surface area contributed by atoms with Crippen LogP contribution in [0.25, 0.3) is 17.1 Å². The molecule has 40 heavy (non-hydrogen) atoms. The van der Waals surface area contributed by atoms with Crippen molar-refractivity contribution in [2.75, 3.05) is 23.7 Å². The first-order chi connectivity index (χ1) is 19.2. The van der Waals surface area contributed by atoms with Gasteiger partial charge in [-0.15, -0.1) is 10.2 Å². The van der Waals surface area contributed by atoms with E-state index in [4.69, 9.17) is 0 Å². The first-order valence-electron chi connectivity index (χ1n) is 13.6. The summed E-state index contributed by atoms with van der Waals surface area (Å²) in [6, 6.07) is 24.8. The molecule has 3 aromatic carbocycles. The number of nitrogens with zero attached hydrogens (tertiary/aromatic N) is 5. The molecule has 0 spiro atoms. The molecule has 0 aliphatic rings. The van der Waals surface area contributed by atoms with Gasteiger partial charge in [0.15, 0.2) is 11.0 Å². The summed E-state index contributed by atoms with van der Waals surface area (Å²) in [6.45, 7) is 14.8. The molecule has 0 atom stereocenters. The Hall–Kier alpha value is -3.91. The third kappa shape index (κ3) is 7.18. The number of hydrogen-bond acceptors (Lipinski definition) is 6. The Balaban J connectivity index is 1.47. The number of thioether (sulfide) groups is 1. The lowest BCUT2D eigenvalue weighted by Crippen LogP contribution is -2.21. The fraction of sp³-hybridized carbons (Fsp3) is 0.312. The van der Waals surface area contributed by atoms with Crippen LogP contribution in [-0.4, -0.2) is 45.7 Å². The van der Waals surface area contributed by atoms with Crippen molar-refractivity contribution in [1.29, 1.82) is 0 Å². The van der Waals surface area contributed by atoms with Gasteiger partial charge in [0.05, 0.1) is 12.0 Å². The highest BCUT2D eigenvalue weighted by atomic mass is 32.2. The lowest BCUT2D eigenvalue weighted by atomic mass is 9.87. The molecule has 0 bridgehead atoms. The molecule has 8 heteroatoms. The zero-order valence-corrected chi connectivity index (χ0v) is 25.0. The van der Waals surface area contributed by atoms with Crippen LogP contribution in [0.2, 0.25) is 0 Å². The van der Waals surface area contributed by atoms with E-state index in [1.807, 2.05) is 28.8 Å². The van der Waals surface area contributed by atoms with Crippen LogP contribution in [0.4, 0.5) is 5.69 Å². The fourth-order valence-electron chi connectivity index (χ4n) is 4.30. The quantitative estimate of drug-likeness (QED) is 0.135. The fourth-order valence-corrected chi connectivity index (χ4v) is 5.04. The minimum atomic E-state index is -0.212. The van der Waals surface area contributed by atoms with Gasteiger partial charge < -0.3 is 4.90 Å². The first kappa shape index (κ1) is 29.1. The van der Waals surface area contributed by atoms with Crippen molar-refractivity contribution in [3.8, 4) is 17.1 Å². The van der Waals surface area contributed by atoms with Gasteiger partial charge in [-0.1, -0.05) is 86.6 Å². The maximum Gasteiger partial charge on any atom is 0.250 e. The van der Waals surface area contributed by atoms with E-state index in [9.17, 15) is 4.79 Å². The standard InChI is InChI=1S/C32H38N6OS/c1-7-37(8-2)27-19-11-24(12-20-27)21-33-34-29(39)22-40-31-36-35-30(38(31)28-17-9-23(3)10-18-28)25-13-15-26(16-14-25)32(4,5)6/h9-21H,7-8,22H2,1-6H3,(H,34,39). The summed E-state index contributed by atoms with van der Waals surface area (Å²) in [5.74, 6) is 0.680. The number of carbonyl (C=O) groups is 1. The number of nitrogens with one attached hydrogen (secondary N) is 1. The summed E-state index contributed by atoms with van der Waals surface area (Å²) in [4.78, 5) is 14.9. The van der Waals surface area contributed by atoms with Crippen LogP contribution in [0.15, 0.2) is 83.1 Å². The zero-order chi connectivity index (χ0) is 28.7. The summed E-state index contributed by atoms with van der Waals surface area (Å²) in [6.07, 6.45) is 1.66. The number of hydrazone groups is 1. The van der Waals surface area contributed by atoms with Crippen LogP contribution in [0.1, 0.15) is 51.3 Å². The number of aromatic nitrogens is 3. The van der Waals surface area contributed by atoms with E-state index in [1.54, 1.807) is 6.21 Å². The molecule has 1 amide bonds. The van der Waals surface area contributed by atoms with Crippen LogP contribution >= 0.6 is 11.8 Å².